The number of primary amides is 1. The van der Waals surface area contributed by atoms with Crippen LogP contribution in [0.15, 0.2) is 48.5 Å². The van der Waals surface area contributed by atoms with Crippen molar-refractivity contribution in [3.05, 3.63) is 59.7 Å². The van der Waals surface area contributed by atoms with Crippen LogP contribution in [0.4, 0.5) is 24.5 Å². The Labute approximate surface area is 160 Å². The first-order valence-electron chi connectivity index (χ1n) is 8.87. The molecule has 1 aliphatic heterocycles. The number of carbonyl (C=O) groups is 2. The van der Waals surface area contributed by atoms with Gasteiger partial charge in [0, 0.05) is 24.6 Å². The summed E-state index contributed by atoms with van der Waals surface area (Å²) in [6.07, 6.45) is -3.49. The zero-order valence-electron chi connectivity index (χ0n) is 15.0. The lowest BCUT2D eigenvalue weighted by molar-refractivity contribution is -0.137. The quantitative estimate of drug-likeness (QED) is 0.835. The molecule has 0 bridgehead atoms. The summed E-state index contributed by atoms with van der Waals surface area (Å²) in [5.41, 5.74) is 5.42. The standard InChI is InChI=1S/C20H20F3N3O2/c21-20(22,23)15-6-7-17(26-10-8-13(9-11-26)18(24)27)16(12-15)25-19(28)14-4-2-1-3-5-14/h1-7,12-13H,8-11H2,(H2,24,27)(H,25,28). The van der Waals surface area contributed by atoms with Gasteiger partial charge < -0.3 is 16.0 Å². The lowest BCUT2D eigenvalue weighted by Gasteiger charge is -2.33. The second kappa shape index (κ2) is 7.92. The highest BCUT2D eigenvalue weighted by Crippen LogP contribution is 2.37. The maximum absolute atomic E-state index is 13.2. The molecule has 1 heterocycles. The third kappa shape index (κ3) is 4.44. The predicted molar refractivity (Wildman–Crippen MR) is 100.0 cm³/mol. The van der Waals surface area contributed by atoms with Crippen LogP contribution >= 0.6 is 0 Å². The van der Waals surface area contributed by atoms with Crippen LogP contribution < -0.4 is 16.0 Å². The molecule has 0 atom stereocenters. The van der Waals surface area contributed by atoms with Gasteiger partial charge in [-0.3, -0.25) is 9.59 Å². The van der Waals surface area contributed by atoms with E-state index in [0.717, 1.165) is 12.1 Å². The molecule has 0 radical (unpaired) electrons. The highest BCUT2D eigenvalue weighted by atomic mass is 19.4. The van der Waals surface area contributed by atoms with Gasteiger partial charge in [0.2, 0.25) is 5.91 Å². The SMILES string of the molecule is NC(=O)C1CCN(c2ccc(C(F)(F)F)cc2NC(=O)c2ccccc2)CC1. The number of alkyl halides is 3. The van der Waals surface area contributed by atoms with E-state index in [1.807, 2.05) is 4.90 Å². The van der Waals surface area contributed by atoms with E-state index in [4.69, 9.17) is 5.73 Å². The van der Waals surface area contributed by atoms with Crippen molar-refractivity contribution in [1.29, 1.82) is 0 Å². The maximum atomic E-state index is 13.2. The molecular formula is C20H20F3N3O2. The van der Waals surface area contributed by atoms with Crippen molar-refractivity contribution < 1.29 is 22.8 Å². The molecule has 3 rings (SSSR count). The molecule has 2 aromatic carbocycles. The normalized spacial score (nSPS) is 15.3. The highest BCUT2D eigenvalue weighted by molar-refractivity contribution is 6.06. The third-order valence-corrected chi connectivity index (χ3v) is 4.85. The zero-order chi connectivity index (χ0) is 20.3. The topological polar surface area (TPSA) is 75.4 Å². The molecule has 148 valence electrons. The largest absolute Gasteiger partial charge is 0.416 e. The number of hydrogen-bond acceptors (Lipinski definition) is 3. The van der Waals surface area contributed by atoms with Gasteiger partial charge in [-0.15, -0.1) is 0 Å². The first-order valence-corrected chi connectivity index (χ1v) is 8.87. The molecule has 8 heteroatoms. The second-order valence-corrected chi connectivity index (χ2v) is 6.71. The number of nitrogens with zero attached hydrogens (tertiary/aromatic N) is 1. The van der Waals surface area contributed by atoms with Gasteiger partial charge in [0.1, 0.15) is 0 Å². The summed E-state index contributed by atoms with van der Waals surface area (Å²) in [6, 6.07) is 11.6. The molecule has 5 nitrogen and oxygen atoms in total. The number of amides is 2. The van der Waals surface area contributed by atoms with Crippen LogP contribution in [0.5, 0.6) is 0 Å². The molecule has 28 heavy (non-hydrogen) atoms. The molecule has 1 aliphatic rings. The Morgan fingerprint density at radius 2 is 1.68 bits per heavy atom. The van der Waals surface area contributed by atoms with Crippen molar-refractivity contribution >= 4 is 23.2 Å². The molecule has 0 aliphatic carbocycles. The maximum Gasteiger partial charge on any atom is 0.416 e. The lowest BCUT2D eigenvalue weighted by Crippen LogP contribution is -2.39. The predicted octanol–water partition coefficient (Wildman–Crippen LogP) is 3.66. The number of nitrogens with one attached hydrogen (secondary N) is 1. The van der Waals surface area contributed by atoms with Crippen LogP contribution in [0.2, 0.25) is 0 Å². The van der Waals surface area contributed by atoms with Gasteiger partial charge in [0.25, 0.3) is 5.91 Å². The molecule has 0 saturated carbocycles. The molecular weight excluding hydrogens is 371 g/mol. The average molecular weight is 391 g/mol. The molecule has 3 N–H and O–H groups in total. The van der Waals surface area contributed by atoms with Crippen molar-refractivity contribution in [1.82, 2.24) is 0 Å². The van der Waals surface area contributed by atoms with Gasteiger partial charge in [0.05, 0.1) is 16.9 Å². The summed E-state index contributed by atoms with van der Waals surface area (Å²) < 4.78 is 39.5. The third-order valence-electron chi connectivity index (χ3n) is 4.85. The van der Waals surface area contributed by atoms with Crippen molar-refractivity contribution in [2.24, 2.45) is 11.7 Å². The van der Waals surface area contributed by atoms with E-state index in [-0.39, 0.29) is 17.5 Å². The fourth-order valence-electron chi connectivity index (χ4n) is 3.28. The molecule has 2 aromatic rings. The van der Waals surface area contributed by atoms with Crippen LogP contribution in [0.1, 0.15) is 28.8 Å². The Bertz CT molecular complexity index is 861. The minimum absolute atomic E-state index is 0.0844. The summed E-state index contributed by atoms with van der Waals surface area (Å²) >= 11 is 0. The van der Waals surface area contributed by atoms with E-state index in [0.29, 0.717) is 37.2 Å². The summed E-state index contributed by atoms with van der Waals surface area (Å²) in [6.45, 7) is 0.931. The molecule has 0 aromatic heterocycles. The Hall–Kier alpha value is -3.03. The van der Waals surface area contributed by atoms with E-state index < -0.39 is 17.6 Å². The number of anilines is 2. The lowest BCUT2D eigenvalue weighted by atomic mass is 9.95. The zero-order valence-corrected chi connectivity index (χ0v) is 15.0. The minimum atomic E-state index is -4.52. The minimum Gasteiger partial charge on any atom is -0.370 e. The van der Waals surface area contributed by atoms with Crippen molar-refractivity contribution in [3.8, 4) is 0 Å². The number of rotatable bonds is 4. The smallest absolute Gasteiger partial charge is 0.370 e. The number of piperidine rings is 1. The summed E-state index contributed by atoms with van der Waals surface area (Å²) in [7, 11) is 0. The highest BCUT2D eigenvalue weighted by Gasteiger charge is 2.32. The van der Waals surface area contributed by atoms with Crippen LogP contribution in [-0.4, -0.2) is 24.9 Å². The van der Waals surface area contributed by atoms with Crippen molar-refractivity contribution in [2.75, 3.05) is 23.3 Å². The number of benzene rings is 2. The van der Waals surface area contributed by atoms with Gasteiger partial charge in [-0.05, 0) is 43.2 Å². The van der Waals surface area contributed by atoms with E-state index >= 15 is 0 Å². The van der Waals surface area contributed by atoms with Gasteiger partial charge in [-0.25, -0.2) is 0 Å². The van der Waals surface area contributed by atoms with Crippen LogP contribution in [0, 0.1) is 5.92 Å². The number of halogens is 3. The monoisotopic (exact) mass is 391 g/mol. The van der Waals surface area contributed by atoms with Crippen molar-refractivity contribution in [3.63, 3.8) is 0 Å². The molecule has 1 fully saturated rings. The van der Waals surface area contributed by atoms with E-state index in [1.54, 1.807) is 30.3 Å². The molecule has 2 amide bonds. The first kappa shape index (κ1) is 19.7. The van der Waals surface area contributed by atoms with Gasteiger partial charge >= 0.3 is 6.18 Å². The van der Waals surface area contributed by atoms with Crippen LogP contribution in [-0.2, 0) is 11.0 Å². The number of hydrogen-bond donors (Lipinski definition) is 2. The second-order valence-electron chi connectivity index (χ2n) is 6.71. The average Bonchev–Trinajstić information content (AvgIpc) is 2.68. The Morgan fingerprint density at radius 3 is 2.25 bits per heavy atom. The van der Waals surface area contributed by atoms with E-state index in [1.165, 1.54) is 6.07 Å². The fraction of sp³-hybridized carbons (Fsp3) is 0.300. The number of nitrogens with two attached hydrogens (primary N) is 1. The first-order chi connectivity index (χ1) is 13.3. The Kier molecular flexibility index (Phi) is 5.58. The van der Waals surface area contributed by atoms with Crippen LogP contribution in [0.3, 0.4) is 0 Å². The van der Waals surface area contributed by atoms with Gasteiger partial charge in [-0.2, -0.15) is 13.2 Å². The summed E-state index contributed by atoms with van der Waals surface area (Å²) in [5, 5.41) is 2.60. The van der Waals surface area contributed by atoms with Gasteiger partial charge in [-0.1, -0.05) is 18.2 Å². The van der Waals surface area contributed by atoms with Crippen molar-refractivity contribution in [2.45, 2.75) is 19.0 Å². The summed E-state index contributed by atoms with van der Waals surface area (Å²) in [4.78, 5) is 25.7. The van der Waals surface area contributed by atoms with Gasteiger partial charge in [0.15, 0.2) is 0 Å². The molecule has 0 spiro atoms. The fourth-order valence-corrected chi connectivity index (χ4v) is 3.28. The number of carbonyl (C=O) groups excluding carboxylic acids is 2. The Morgan fingerprint density at radius 1 is 1.04 bits per heavy atom. The Balaban J connectivity index is 1.89. The molecule has 0 unspecified atom stereocenters. The van der Waals surface area contributed by atoms with E-state index in [9.17, 15) is 22.8 Å². The molecule has 1 saturated heterocycles. The van der Waals surface area contributed by atoms with Crippen LogP contribution in [0.25, 0.3) is 0 Å². The van der Waals surface area contributed by atoms with E-state index in [2.05, 4.69) is 5.32 Å². The summed E-state index contributed by atoms with van der Waals surface area (Å²) in [5.74, 6) is -1.11.